The minimum absolute atomic E-state index is 0.104. The first-order chi connectivity index (χ1) is 8.20. The summed E-state index contributed by atoms with van der Waals surface area (Å²) >= 11 is 0. The van der Waals surface area contributed by atoms with E-state index in [-0.39, 0.29) is 5.78 Å². The van der Waals surface area contributed by atoms with Gasteiger partial charge in [0.2, 0.25) is 0 Å². The molecule has 2 rings (SSSR count). The highest BCUT2D eigenvalue weighted by atomic mass is 16.5. The number of nitrogens with zero attached hydrogens (tertiary/aromatic N) is 3. The van der Waals surface area contributed by atoms with E-state index in [1.165, 1.54) is 12.4 Å². The van der Waals surface area contributed by atoms with Crippen LogP contribution in [0, 0.1) is 0 Å². The summed E-state index contributed by atoms with van der Waals surface area (Å²) in [4.78, 5) is 16.1. The lowest BCUT2D eigenvalue weighted by Gasteiger charge is -2.03. The van der Waals surface area contributed by atoms with Crippen molar-refractivity contribution < 1.29 is 9.53 Å². The minimum Gasteiger partial charge on any atom is -0.492 e. The third-order valence-electron chi connectivity index (χ3n) is 2.25. The Balaban J connectivity index is 2.27. The molecular formula is C12H13N3O2. The first-order valence-electron chi connectivity index (χ1n) is 5.32. The first kappa shape index (κ1) is 11.3. The van der Waals surface area contributed by atoms with Gasteiger partial charge in [-0.3, -0.25) is 14.5 Å². The van der Waals surface area contributed by atoms with Crippen LogP contribution >= 0.6 is 0 Å². The van der Waals surface area contributed by atoms with Crippen molar-refractivity contribution in [2.45, 2.75) is 6.92 Å². The molecule has 2 heterocycles. The maximum atomic E-state index is 12.1. The largest absolute Gasteiger partial charge is 0.492 e. The SMILES string of the molecule is CCOc1cncc(C(=O)c2cnn(C)c2)c1. The van der Waals surface area contributed by atoms with Gasteiger partial charge >= 0.3 is 0 Å². The summed E-state index contributed by atoms with van der Waals surface area (Å²) in [6.07, 6.45) is 6.33. The van der Waals surface area contributed by atoms with Gasteiger partial charge in [0.05, 0.1) is 24.6 Å². The van der Waals surface area contributed by atoms with E-state index in [0.29, 0.717) is 23.5 Å². The molecule has 0 unspecified atom stereocenters. The van der Waals surface area contributed by atoms with Gasteiger partial charge in [0.1, 0.15) is 5.75 Å². The Labute approximate surface area is 99.1 Å². The fourth-order valence-electron chi connectivity index (χ4n) is 1.49. The second-order valence-corrected chi connectivity index (χ2v) is 3.57. The van der Waals surface area contributed by atoms with Crippen LogP contribution in [-0.2, 0) is 7.05 Å². The molecule has 0 aliphatic carbocycles. The quantitative estimate of drug-likeness (QED) is 0.747. The number of rotatable bonds is 4. The lowest BCUT2D eigenvalue weighted by atomic mass is 10.1. The summed E-state index contributed by atoms with van der Waals surface area (Å²) in [6.45, 7) is 2.43. The molecule has 2 aromatic heterocycles. The molecule has 0 amide bonds. The molecule has 0 atom stereocenters. The molecule has 17 heavy (non-hydrogen) atoms. The van der Waals surface area contributed by atoms with Crippen LogP contribution in [0.15, 0.2) is 30.9 Å². The molecule has 0 radical (unpaired) electrons. The number of carbonyl (C=O) groups excluding carboxylic acids is 1. The van der Waals surface area contributed by atoms with Gasteiger partial charge in [-0.2, -0.15) is 5.10 Å². The van der Waals surface area contributed by atoms with Gasteiger partial charge in [-0.05, 0) is 13.0 Å². The number of hydrogen-bond donors (Lipinski definition) is 0. The van der Waals surface area contributed by atoms with Crippen LogP contribution in [0.1, 0.15) is 22.8 Å². The van der Waals surface area contributed by atoms with Gasteiger partial charge < -0.3 is 4.74 Å². The summed E-state index contributed by atoms with van der Waals surface area (Å²) in [5.74, 6) is 0.495. The van der Waals surface area contributed by atoms with Crippen molar-refractivity contribution in [1.29, 1.82) is 0 Å². The standard InChI is InChI=1S/C12H13N3O2/c1-3-17-11-4-9(5-13-7-11)12(16)10-6-14-15(2)8-10/h4-8H,3H2,1-2H3. The van der Waals surface area contributed by atoms with Gasteiger partial charge in [0, 0.05) is 25.0 Å². The number of aromatic nitrogens is 3. The number of ether oxygens (including phenoxy) is 1. The Hall–Kier alpha value is -2.17. The van der Waals surface area contributed by atoms with Crippen molar-refractivity contribution in [1.82, 2.24) is 14.8 Å². The molecule has 0 fully saturated rings. The van der Waals surface area contributed by atoms with Crippen molar-refractivity contribution in [3.05, 3.63) is 42.0 Å². The zero-order valence-corrected chi connectivity index (χ0v) is 9.75. The van der Waals surface area contributed by atoms with Crippen LogP contribution in [0.25, 0.3) is 0 Å². The minimum atomic E-state index is -0.104. The third-order valence-corrected chi connectivity index (χ3v) is 2.25. The van der Waals surface area contributed by atoms with Crippen molar-refractivity contribution in [2.75, 3.05) is 6.61 Å². The van der Waals surface area contributed by atoms with E-state index in [2.05, 4.69) is 10.1 Å². The molecule has 0 bridgehead atoms. The number of pyridine rings is 1. The van der Waals surface area contributed by atoms with Crippen LogP contribution < -0.4 is 4.74 Å². The van der Waals surface area contributed by atoms with E-state index in [4.69, 9.17) is 4.74 Å². The highest BCUT2D eigenvalue weighted by Gasteiger charge is 2.12. The molecule has 5 heteroatoms. The molecule has 0 aliphatic heterocycles. The Morgan fingerprint density at radius 2 is 2.18 bits per heavy atom. The van der Waals surface area contributed by atoms with E-state index >= 15 is 0 Å². The topological polar surface area (TPSA) is 57.0 Å². The average molecular weight is 231 g/mol. The van der Waals surface area contributed by atoms with Crippen molar-refractivity contribution in [2.24, 2.45) is 7.05 Å². The van der Waals surface area contributed by atoms with Crippen LogP contribution in [0.4, 0.5) is 0 Å². The Morgan fingerprint density at radius 1 is 1.35 bits per heavy atom. The van der Waals surface area contributed by atoms with E-state index in [1.54, 1.807) is 30.2 Å². The summed E-state index contributed by atoms with van der Waals surface area (Å²) in [6, 6.07) is 1.69. The van der Waals surface area contributed by atoms with Crippen molar-refractivity contribution >= 4 is 5.78 Å². The molecule has 0 aromatic carbocycles. The molecule has 2 aromatic rings. The van der Waals surface area contributed by atoms with Gasteiger partial charge in [-0.25, -0.2) is 0 Å². The van der Waals surface area contributed by atoms with Crippen molar-refractivity contribution in [3.8, 4) is 5.75 Å². The highest BCUT2D eigenvalue weighted by Crippen LogP contribution is 2.14. The van der Waals surface area contributed by atoms with Crippen LogP contribution in [-0.4, -0.2) is 27.2 Å². The monoisotopic (exact) mass is 231 g/mol. The highest BCUT2D eigenvalue weighted by molar-refractivity contribution is 6.08. The fraction of sp³-hybridized carbons (Fsp3) is 0.250. The molecule has 0 saturated carbocycles. The van der Waals surface area contributed by atoms with E-state index in [9.17, 15) is 4.79 Å². The molecule has 0 aliphatic rings. The zero-order chi connectivity index (χ0) is 12.3. The summed E-state index contributed by atoms with van der Waals surface area (Å²) < 4.78 is 6.89. The maximum absolute atomic E-state index is 12.1. The predicted molar refractivity (Wildman–Crippen MR) is 62.0 cm³/mol. The van der Waals surface area contributed by atoms with Gasteiger partial charge in [-0.1, -0.05) is 0 Å². The van der Waals surface area contributed by atoms with E-state index in [0.717, 1.165) is 0 Å². The molecule has 88 valence electrons. The van der Waals surface area contributed by atoms with E-state index < -0.39 is 0 Å². The molecule has 0 saturated heterocycles. The first-order valence-corrected chi connectivity index (χ1v) is 5.32. The Morgan fingerprint density at radius 3 is 2.82 bits per heavy atom. The number of hydrogen-bond acceptors (Lipinski definition) is 4. The second kappa shape index (κ2) is 4.78. The third kappa shape index (κ3) is 2.50. The number of carbonyl (C=O) groups is 1. The molecule has 0 N–H and O–H groups in total. The number of ketones is 1. The van der Waals surface area contributed by atoms with Crippen LogP contribution in [0.2, 0.25) is 0 Å². The van der Waals surface area contributed by atoms with Crippen LogP contribution in [0.3, 0.4) is 0 Å². The number of aryl methyl sites for hydroxylation is 1. The fourth-order valence-corrected chi connectivity index (χ4v) is 1.49. The lowest BCUT2D eigenvalue weighted by Crippen LogP contribution is -2.02. The smallest absolute Gasteiger partial charge is 0.197 e. The average Bonchev–Trinajstić information content (AvgIpc) is 2.76. The van der Waals surface area contributed by atoms with E-state index in [1.807, 2.05) is 6.92 Å². The van der Waals surface area contributed by atoms with Crippen molar-refractivity contribution in [3.63, 3.8) is 0 Å². The molecule has 5 nitrogen and oxygen atoms in total. The summed E-state index contributed by atoms with van der Waals surface area (Å²) in [5.41, 5.74) is 1.05. The second-order valence-electron chi connectivity index (χ2n) is 3.57. The molecular weight excluding hydrogens is 218 g/mol. The van der Waals surface area contributed by atoms with Crippen LogP contribution in [0.5, 0.6) is 5.75 Å². The normalized spacial score (nSPS) is 10.2. The zero-order valence-electron chi connectivity index (χ0n) is 9.75. The Kier molecular flexibility index (Phi) is 3.18. The lowest BCUT2D eigenvalue weighted by molar-refractivity contribution is 0.103. The van der Waals surface area contributed by atoms with Gasteiger partial charge in [-0.15, -0.1) is 0 Å². The Bertz CT molecular complexity index is 534. The summed E-state index contributed by atoms with van der Waals surface area (Å²) in [7, 11) is 1.77. The van der Waals surface area contributed by atoms with Gasteiger partial charge in [0.25, 0.3) is 0 Å². The van der Waals surface area contributed by atoms with Gasteiger partial charge in [0.15, 0.2) is 5.78 Å². The maximum Gasteiger partial charge on any atom is 0.197 e. The summed E-state index contributed by atoms with van der Waals surface area (Å²) in [5, 5.41) is 3.97. The molecule has 0 spiro atoms. The predicted octanol–water partition coefficient (Wildman–Crippen LogP) is 1.44.